The van der Waals surface area contributed by atoms with Crippen molar-refractivity contribution < 1.29 is 4.42 Å². The molecule has 0 N–H and O–H groups in total. The lowest BCUT2D eigenvalue weighted by Gasteiger charge is -2.31. The molecule has 0 radical (unpaired) electrons. The van der Waals surface area contributed by atoms with E-state index in [0.717, 1.165) is 66.4 Å². The van der Waals surface area contributed by atoms with Gasteiger partial charge in [0.05, 0.1) is 5.41 Å². The molecule has 2 aliphatic rings. The summed E-state index contributed by atoms with van der Waals surface area (Å²) in [5, 5.41) is 2.25. The molecule has 0 atom stereocenters. The first-order valence-corrected chi connectivity index (χ1v) is 23.2. The van der Waals surface area contributed by atoms with Crippen LogP contribution in [-0.4, -0.2) is 15.0 Å². The van der Waals surface area contributed by atoms with Crippen LogP contribution < -0.4 is 0 Å². The molecule has 2 aromatic heterocycles. The van der Waals surface area contributed by atoms with Crippen molar-refractivity contribution in [3.05, 3.63) is 259 Å². The molecule has 316 valence electrons. The van der Waals surface area contributed by atoms with Gasteiger partial charge in [-0.1, -0.05) is 206 Å². The van der Waals surface area contributed by atoms with E-state index in [9.17, 15) is 0 Å². The van der Waals surface area contributed by atoms with E-state index in [1.54, 1.807) is 0 Å². The number of hydrogen-bond acceptors (Lipinski definition) is 4. The van der Waals surface area contributed by atoms with E-state index in [-0.39, 0.29) is 0 Å². The third kappa shape index (κ3) is 5.77. The first kappa shape index (κ1) is 38.3. The van der Waals surface area contributed by atoms with Crippen LogP contribution >= 0.6 is 0 Å². The van der Waals surface area contributed by atoms with Gasteiger partial charge in [0.25, 0.3) is 0 Å². The molecule has 10 aromatic carbocycles. The summed E-state index contributed by atoms with van der Waals surface area (Å²) in [7, 11) is 0. The normalized spacial score (nSPS) is 12.8. The summed E-state index contributed by atoms with van der Waals surface area (Å²) in [4.78, 5) is 14.8. The highest BCUT2D eigenvalue weighted by Gasteiger charge is 2.51. The van der Waals surface area contributed by atoms with E-state index in [2.05, 4.69) is 170 Å². The molecular formula is C64H39N3O. The highest BCUT2D eigenvalue weighted by atomic mass is 16.3. The first-order valence-electron chi connectivity index (χ1n) is 23.2. The summed E-state index contributed by atoms with van der Waals surface area (Å²) in [6, 6.07) is 84.8. The van der Waals surface area contributed by atoms with Crippen LogP contribution in [0.5, 0.6) is 0 Å². The maximum Gasteiger partial charge on any atom is 0.164 e. The van der Waals surface area contributed by atoms with Crippen LogP contribution in [0.2, 0.25) is 0 Å². The van der Waals surface area contributed by atoms with Gasteiger partial charge in [-0.25, -0.2) is 15.0 Å². The standard InChI is InChI=1S/C64H39N3O/c1-3-15-43(16-4-1)61-65-62(44-17-5-2-6-18-44)67-63(66-61)45-33-29-41(30-34-45)40-27-31-42(32-28-40)53-39-58-54(38-52(53)46-35-36-51-50-22-10-14-26-59(50)68-60(51)37-46)49-21-9-13-25-57(49)64(58)55-23-11-7-19-47(55)48-20-8-12-24-56(48)64/h1-39H. The van der Waals surface area contributed by atoms with E-state index < -0.39 is 5.41 Å². The topological polar surface area (TPSA) is 51.8 Å². The number of fused-ring (bicyclic) bond motifs is 13. The van der Waals surface area contributed by atoms with Gasteiger partial charge in [-0.2, -0.15) is 0 Å². The van der Waals surface area contributed by atoms with Crippen molar-refractivity contribution in [1.29, 1.82) is 0 Å². The SMILES string of the molecule is c1ccc(-c2nc(-c3ccccc3)nc(-c3ccc(-c4ccc(-c5cc6c(cc5-c5ccc7c(c5)oc5ccccc57)-c5ccccc5C65c6ccccc6-c6ccccc65)cc4)cc3)n2)cc1. The lowest BCUT2D eigenvalue weighted by atomic mass is 9.70. The average Bonchev–Trinajstić information content (AvgIpc) is 4.04. The Balaban J connectivity index is 0.908. The van der Waals surface area contributed by atoms with Crippen LogP contribution in [0.15, 0.2) is 241 Å². The molecule has 0 amide bonds. The van der Waals surface area contributed by atoms with E-state index in [1.165, 1.54) is 50.1 Å². The summed E-state index contributed by atoms with van der Waals surface area (Å²) in [5.74, 6) is 1.93. The Morgan fingerprint density at radius 2 is 0.662 bits per heavy atom. The van der Waals surface area contributed by atoms with Crippen molar-refractivity contribution in [2.45, 2.75) is 5.41 Å². The fraction of sp³-hybridized carbons (Fsp3) is 0.0156. The molecule has 4 nitrogen and oxygen atoms in total. The molecule has 12 aromatic rings. The minimum atomic E-state index is -0.459. The molecule has 0 aliphatic heterocycles. The number of benzene rings is 10. The Bertz CT molecular complexity index is 3840. The zero-order valence-corrected chi connectivity index (χ0v) is 36.8. The molecular weight excluding hydrogens is 827 g/mol. The van der Waals surface area contributed by atoms with Crippen LogP contribution in [0.1, 0.15) is 22.3 Å². The fourth-order valence-electron chi connectivity index (χ4n) is 11.1. The molecule has 2 heterocycles. The third-order valence-corrected chi connectivity index (χ3v) is 14.2. The number of furan rings is 1. The maximum absolute atomic E-state index is 6.51. The number of hydrogen-bond donors (Lipinski definition) is 0. The van der Waals surface area contributed by atoms with Crippen molar-refractivity contribution in [3.63, 3.8) is 0 Å². The number of para-hydroxylation sites is 1. The highest BCUT2D eigenvalue weighted by molar-refractivity contribution is 6.07. The molecule has 0 fully saturated rings. The fourth-order valence-corrected chi connectivity index (χ4v) is 11.1. The minimum absolute atomic E-state index is 0.459. The molecule has 2 aliphatic carbocycles. The van der Waals surface area contributed by atoms with Gasteiger partial charge in [-0.3, -0.25) is 0 Å². The largest absolute Gasteiger partial charge is 0.456 e. The van der Waals surface area contributed by atoms with Gasteiger partial charge in [0.2, 0.25) is 0 Å². The smallest absolute Gasteiger partial charge is 0.164 e. The molecule has 68 heavy (non-hydrogen) atoms. The quantitative estimate of drug-likeness (QED) is 0.167. The van der Waals surface area contributed by atoms with Crippen LogP contribution in [0, 0.1) is 0 Å². The van der Waals surface area contributed by atoms with E-state index in [1.807, 2.05) is 66.7 Å². The van der Waals surface area contributed by atoms with Gasteiger partial charge < -0.3 is 4.42 Å². The van der Waals surface area contributed by atoms with Crippen molar-refractivity contribution in [3.8, 4) is 89.8 Å². The highest BCUT2D eigenvalue weighted by Crippen LogP contribution is 2.63. The molecule has 1 spiro atoms. The third-order valence-electron chi connectivity index (χ3n) is 14.2. The maximum atomic E-state index is 6.51. The predicted octanol–water partition coefficient (Wildman–Crippen LogP) is 16.1. The minimum Gasteiger partial charge on any atom is -0.456 e. The molecule has 0 bridgehead atoms. The van der Waals surface area contributed by atoms with Gasteiger partial charge in [0, 0.05) is 27.5 Å². The van der Waals surface area contributed by atoms with Crippen molar-refractivity contribution in [2.75, 3.05) is 0 Å². The lowest BCUT2D eigenvalue weighted by molar-refractivity contribution is 0.669. The summed E-state index contributed by atoms with van der Waals surface area (Å²) >= 11 is 0. The second-order valence-corrected chi connectivity index (χ2v) is 17.8. The van der Waals surface area contributed by atoms with Crippen molar-refractivity contribution >= 4 is 21.9 Å². The number of aromatic nitrogens is 3. The Morgan fingerprint density at radius 3 is 1.24 bits per heavy atom. The number of rotatable bonds is 6. The molecule has 0 saturated carbocycles. The Kier molecular flexibility index (Phi) is 8.46. The summed E-state index contributed by atoms with van der Waals surface area (Å²) in [5.41, 5.74) is 21.4. The number of nitrogens with zero attached hydrogens (tertiary/aromatic N) is 3. The zero-order valence-electron chi connectivity index (χ0n) is 36.8. The van der Waals surface area contributed by atoms with Crippen molar-refractivity contribution in [2.24, 2.45) is 0 Å². The Hall–Kier alpha value is -8.99. The van der Waals surface area contributed by atoms with Gasteiger partial charge in [-0.05, 0) is 108 Å². The monoisotopic (exact) mass is 865 g/mol. The average molecular weight is 866 g/mol. The second-order valence-electron chi connectivity index (χ2n) is 17.8. The lowest BCUT2D eigenvalue weighted by Crippen LogP contribution is -2.25. The molecule has 0 saturated heterocycles. The Morgan fingerprint density at radius 1 is 0.250 bits per heavy atom. The van der Waals surface area contributed by atoms with Gasteiger partial charge in [0.15, 0.2) is 17.5 Å². The van der Waals surface area contributed by atoms with E-state index in [0.29, 0.717) is 17.5 Å². The van der Waals surface area contributed by atoms with Crippen LogP contribution in [0.3, 0.4) is 0 Å². The first-order chi connectivity index (χ1) is 33.7. The summed E-state index contributed by atoms with van der Waals surface area (Å²) in [6.45, 7) is 0. The van der Waals surface area contributed by atoms with Crippen LogP contribution in [0.25, 0.3) is 112 Å². The Labute approximate surface area is 393 Å². The van der Waals surface area contributed by atoms with Crippen molar-refractivity contribution in [1.82, 2.24) is 15.0 Å². The second kappa shape index (κ2) is 15.0. The molecule has 4 heteroatoms. The van der Waals surface area contributed by atoms with Gasteiger partial charge in [0.1, 0.15) is 11.2 Å². The molecule has 14 rings (SSSR count). The van der Waals surface area contributed by atoms with Crippen LogP contribution in [0.4, 0.5) is 0 Å². The van der Waals surface area contributed by atoms with E-state index in [4.69, 9.17) is 19.4 Å². The van der Waals surface area contributed by atoms with E-state index >= 15 is 0 Å². The zero-order chi connectivity index (χ0) is 44.8. The summed E-state index contributed by atoms with van der Waals surface area (Å²) < 4.78 is 6.51. The summed E-state index contributed by atoms with van der Waals surface area (Å²) in [6.07, 6.45) is 0. The van der Waals surface area contributed by atoms with Gasteiger partial charge in [-0.15, -0.1) is 0 Å². The van der Waals surface area contributed by atoms with Crippen LogP contribution in [-0.2, 0) is 5.41 Å². The molecule has 0 unspecified atom stereocenters. The van der Waals surface area contributed by atoms with Gasteiger partial charge >= 0.3 is 0 Å². The predicted molar refractivity (Wildman–Crippen MR) is 276 cm³/mol.